The van der Waals surface area contributed by atoms with Crippen LogP contribution >= 0.6 is 0 Å². The Balaban J connectivity index is 2.00. The molecule has 0 aromatic carbocycles. The van der Waals surface area contributed by atoms with Gasteiger partial charge in [0.1, 0.15) is 6.04 Å². The molecule has 2 amide bonds. The molecular weight excluding hydrogens is 224 g/mol. The molecule has 1 aliphatic rings. The lowest BCUT2D eigenvalue weighted by atomic mass is 10.1. The Morgan fingerprint density at radius 2 is 2.41 bits per heavy atom. The number of rotatable bonds is 4. The third-order valence-electron chi connectivity index (χ3n) is 2.78. The summed E-state index contributed by atoms with van der Waals surface area (Å²) in [5.41, 5.74) is 0. The molecule has 1 fully saturated rings. The van der Waals surface area contributed by atoms with Crippen LogP contribution in [-0.2, 0) is 16.0 Å². The van der Waals surface area contributed by atoms with Crippen molar-refractivity contribution in [1.82, 2.24) is 20.4 Å². The fourth-order valence-corrected chi connectivity index (χ4v) is 1.91. The van der Waals surface area contributed by atoms with E-state index < -0.39 is 0 Å². The lowest BCUT2D eigenvalue weighted by Crippen LogP contribution is -2.58. The SMILES string of the molecule is CCC1C(=O)NCC(=O)N1CCc1ncon1. The molecule has 7 nitrogen and oxygen atoms in total. The molecule has 1 aromatic rings. The Hall–Kier alpha value is -1.92. The summed E-state index contributed by atoms with van der Waals surface area (Å²) in [5.74, 6) is 0.374. The van der Waals surface area contributed by atoms with Crippen LogP contribution in [-0.4, -0.2) is 46.0 Å². The van der Waals surface area contributed by atoms with E-state index in [9.17, 15) is 9.59 Å². The molecule has 0 radical (unpaired) electrons. The van der Waals surface area contributed by atoms with Crippen LogP contribution in [0.4, 0.5) is 0 Å². The lowest BCUT2D eigenvalue weighted by molar-refractivity contribution is -0.145. The number of nitrogens with one attached hydrogen (secondary N) is 1. The van der Waals surface area contributed by atoms with E-state index in [1.165, 1.54) is 6.39 Å². The average Bonchev–Trinajstić information content (AvgIpc) is 2.83. The van der Waals surface area contributed by atoms with E-state index in [0.29, 0.717) is 25.2 Å². The monoisotopic (exact) mass is 238 g/mol. The van der Waals surface area contributed by atoms with E-state index in [1.807, 2.05) is 6.92 Å². The number of piperazine rings is 1. The number of aromatic nitrogens is 2. The van der Waals surface area contributed by atoms with Gasteiger partial charge in [0.2, 0.25) is 18.2 Å². The molecule has 1 saturated heterocycles. The Morgan fingerprint density at radius 1 is 1.59 bits per heavy atom. The summed E-state index contributed by atoms with van der Waals surface area (Å²) < 4.78 is 4.61. The Labute approximate surface area is 98.2 Å². The van der Waals surface area contributed by atoms with Crippen LogP contribution in [0.3, 0.4) is 0 Å². The van der Waals surface area contributed by atoms with Crippen molar-refractivity contribution >= 4 is 11.8 Å². The van der Waals surface area contributed by atoms with Crippen LogP contribution in [0.5, 0.6) is 0 Å². The largest absolute Gasteiger partial charge is 0.345 e. The zero-order chi connectivity index (χ0) is 12.3. The highest BCUT2D eigenvalue weighted by Crippen LogP contribution is 2.10. The highest BCUT2D eigenvalue weighted by atomic mass is 16.5. The van der Waals surface area contributed by atoms with E-state index >= 15 is 0 Å². The molecule has 17 heavy (non-hydrogen) atoms. The zero-order valence-corrected chi connectivity index (χ0v) is 9.55. The highest BCUT2D eigenvalue weighted by molar-refractivity contribution is 5.94. The van der Waals surface area contributed by atoms with Crippen molar-refractivity contribution in [3.63, 3.8) is 0 Å². The fraction of sp³-hybridized carbons (Fsp3) is 0.600. The number of nitrogens with zero attached hydrogens (tertiary/aromatic N) is 3. The van der Waals surface area contributed by atoms with Gasteiger partial charge in [-0.15, -0.1) is 0 Å². The summed E-state index contributed by atoms with van der Waals surface area (Å²) >= 11 is 0. The summed E-state index contributed by atoms with van der Waals surface area (Å²) in [4.78, 5) is 28.8. The van der Waals surface area contributed by atoms with E-state index in [1.54, 1.807) is 4.90 Å². The van der Waals surface area contributed by atoms with Gasteiger partial charge in [-0.3, -0.25) is 9.59 Å². The highest BCUT2D eigenvalue weighted by Gasteiger charge is 2.32. The molecule has 0 spiro atoms. The van der Waals surface area contributed by atoms with E-state index in [4.69, 9.17) is 0 Å². The molecule has 7 heteroatoms. The van der Waals surface area contributed by atoms with Crippen molar-refractivity contribution in [3.8, 4) is 0 Å². The van der Waals surface area contributed by atoms with Crippen LogP contribution in [0.2, 0.25) is 0 Å². The number of carbonyl (C=O) groups is 2. The van der Waals surface area contributed by atoms with E-state index in [2.05, 4.69) is 20.0 Å². The molecule has 2 heterocycles. The van der Waals surface area contributed by atoms with Gasteiger partial charge in [-0.25, -0.2) is 0 Å². The predicted octanol–water partition coefficient (Wildman–Crippen LogP) is -0.651. The number of hydrogen-bond donors (Lipinski definition) is 1. The smallest absolute Gasteiger partial charge is 0.243 e. The van der Waals surface area contributed by atoms with Crippen molar-refractivity contribution in [2.45, 2.75) is 25.8 Å². The minimum absolute atomic E-state index is 0.0695. The van der Waals surface area contributed by atoms with Gasteiger partial charge in [0.25, 0.3) is 0 Å². The first-order valence-electron chi connectivity index (χ1n) is 5.54. The second-order valence-electron chi connectivity index (χ2n) is 3.83. The summed E-state index contributed by atoms with van der Waals surface area (Å²) in [6.45, 7) is 2.38. The normalized spacial score (nSPS) is 20.5. The first-order chi connectivity index (χ1) is 8.22. The Kier molecular flexibility index (Phi) is 3.36. The van der Waals surface area contributed by atoms with E-state index in [-0.39, 0.29) is 24.4 Å². The van der Waals surface area contributed by atoms with Crippen LogP contribution in [0.25, 0.3) is 0 Å². The molecule has 1 aliphatic heterocycles. The summed E-state index contributed by atoms with van der Waals surface area (Å²) in [6.07, 6.45) is 2.34. The van der Waals surface area contributed by atoms with Gasteiger partial charge >= 0.3 is 0 Å². The molecule has 0 bridgehead atoms. The standard InChI is InChI=1S/C10H14N4O3/c1-2-7-10(16)11-5-9(15)14(7)4-3-8-12-6-17-13-8/h6-7H,2-5H2,1H3,(H,11,16). The van der Waals surface area contributed by atoms with Crippen molar-refractivity contribution in [3.05, 3.63) is 12.2 Å². The quantitative estimate of drug-likeness (QED) is 0.753. The minimum atomic E-state index is -0.386. The van der Waals surface area contributed by atoms with Gasteiger partial charge < -0.3 is 14.7 Å². The fourth-order valence-electron chi connectivity index (χ4n) is 1.91. The molecule has 1 unspecified atom stereocenters. The molecule has 0 aliphatic carbocycles. The number of carbonyl (C=O) groups excluding carboxylic acids is 2. The van der Waals surface area contributed by atoms with Crippen LogP contribution in [0.1, 0.15) is 19.2 Å². The topological polar surface area (TPSA) is 88.3 Å². The minimum Gasteiger partial charge on any atom is -0.345 e. The molecular formula is C10H14N4O3. The maximum atomic E-state index is 11.7. The van der Waals surface area contributed by atoms with Crippen LogP contribution in [0, 0.1) is 0 Å². The summed E-state index contributed by atoms with van der Waals surface area (Å²) in [6, 6.07) is -0.386. The second kappa shape index (κ2) is 4.94. The first kappa shape index (κ1) is 11.6. The van der Waals surface area contributed by atoms with E-state index in [0.717, 1.165) is 0 Å². The third-order valence-corrected chi connectivity index (χ3v) is 2.78. The van der Waals surface area contributed by atoms with Crippen LogP contribution in [0.15, 0.2) is 10.9 Å². The summed E-state index contributed by atoms with van der Waals surface area (Å²) in [5, 5.41) is 6.25. The lowest BCUT2D eigenvalue weighted by Gasteiger charge is -2.34. The number of hydrogen-bond acceptors (Lipinski definition) is 5. The van der Waals surface area contributed by atoms with Gasteiger partial charge in [0, 0.05) is 13.0 Å². The van der Waals surface area contributed by atoms with Crippen molar-refractivity contribution in [2.24, 2.45) is 0 Å². The van der Waals surface area contributed by atoms with Gasteiger partial charge in [0.05, 0.1) is 6.54 Å². The molecule has 1 aromatic heterocycles. The molecule has 1 N–H and O–H groups in total. The van der Waals surface area contributed by atoms with Crippen LogP contribution < -0.4 is 5.32 Å². The van der Waals surface area contributed by atoms with Crippen molar-refractivity contribution < 1.29 is 14.1 Å². The van der Waals surface area contributed by atoms with Crippen molar-refractivity contribution in [1.29, 1.82) is 0 Å². The zero-order valence-electron chi connectivity index (χ0n) is 9.55. The Bertz CT molecular complexity index is 404. The molecule has 92 valence electrons. The maximum absolute atomic E-state index is 11.7. The molecule has 2 rings (SSSR count). The third kappa shape index (κ3) is 2.43. The maximum Gasteiger partial charge on any atom is 0.243 e. The van der Waals surface area contributed by atoms with Gasteiger partial charge in [-0.2, -0.15) is 4.98 Å². The predicted molar refractivity (Wildman–Crippen MR) is 56.8 cm³/mol. The first-order valence-corrected chi connectivity index (χ1v) is 5.54. The van der Waals surface area contributed by atoms with Gasteiger partial charge in [-0.1, -0.05) is 12.1 Å². The molecule has 0 saturated carbocycles. The molecule has 1 atom stereocenters. The van der Waals surface area contributed by atoms with Gasteiger partial charge in [0.15, 0.2) is 5.82 Å². The average molecular weight is 238 g/mol. The second-order valence-corrected chi connectivity index (χ2v) is 3.83. The van der Waals surface area contributed by atoms with Gasteiger partial charge in [-0.05, 0) is 6.42 Å². The Morgan fingerprint density at radius 3 is 3.06 bits per heavy atom. The van der Waals surface area contributed by atoms with Crippen molar-refractivity contribution in [2.75, 3.05) is 13.1 Å². The summed E-state index contributed by atoms with van der Waals surface area (Å²) in [7, 11) is 0. The number of amides is 2.